The first-order chi connectivity index (χ1) is 14.4. The van der Waals surface area contributed by atoms with Crippen molar-refractivity contribution >= 4 is 22.2 Å². The Labute approximate surface area is 169 Å². The lowest BCUT2D eigenvalue weighted by atomic mass is 9.95. The van der Waals surface area contributed by atoms with Crippen LogP contribution in [0.1, 0.15) is 27.7 Å². The summed E-state index contributed by atoms with van der Waals surface area (Å²) in [5.41, 5.74) is 1.86. The van der Waals surface area contributed by atoms with Crippen LogP contribution in [0.25, 0.3) is 16.3 Å². The summed E-state index contributed by atoms with van der Waals surface area (Å²) >= 11 is 0. The molecule has 0 fully saturated rings. The first-order valence-corrected chi connectivity index (χ1v) is 9.39. The van der Waals surface area contributed by atoms with Crippen LogP contribution in [-0.2, 0) is 11.3 Å². The molecule has 1 amide bonds. The van der Waals surface area contributed by atoms with Crippen LogP contribution < -0.4 is 5.56 Å². The van der Waals surface area contributed by atoms with E-state index in [2.05, 4.69) is 4.98 Å². The molecule has 1 aliphatic heterocycles. The second kappa shape index (κ2) is 6.77. The maximum absolute atomic E-state index is 14.0. The molecule has 0 saturated carbocycles. The number of amides is 1. The van der Waals surface area contributed by atoms with Gasteiger partial charge in [-0.25, -0.2) is 8.78 Å². The average molecular weight is 409 g/mol. The van der Waals surface area contributed by atoms with Crippen molar-refractivity contribution in [2.24, 2.45) is 0 Å². The molecule has 0 aliphatic carbocycles. The van der Waals surface area contributed by atoms with E-state index < -0.39 is 23.2 Å². The Hall–Kier alpha value is -3.52. The van der Waals surface area contributed by atoms with E-state index >= 15 is 0 Å². The number of hydrogen-bond donors (Lipinski definition) is 1. The van der Waals surface area contributed by atoms with Crippen LogP contribution in [0.4, 0.5) is 8.78 Å². The molecular formula is C22H17F2N3O3. The van der Waals surface area contributed by atoms with Crippen molar-refractivity contribution < 1.29 is 18.3 Å². The molecule has 0 saturated heterocycles. The molecule has 1 unspecified atom stereocenters. The number of aromatic nitrogens is 2. The predicted molar refractivity (Wildman–Crippen MR) is 106 cm³/mol. The minimum absolute atomic E-state index is 0.0370. The van der Waals surface area contributed by atoms with Crippen LogP contribution in [0.5, 0.6) is 0 Å². The third kappa shape index (κ3) is 2.80. The summed E-state index contributed by atoms with van der Waals surface area (Å²) in [6.07, 6.45) is 3.58. The number of hydrogen-bond acceptors (Lipinski definition) is 3. The zero-order chi connectivity index (χ0) is 21.0. The summed E-state index contributed by atoms with van der Waals surface area (Å²) in [5, 5.41) is 0.317. The van der Waals surface area contributed by atoms with E-state index in [1.807, 2.05) is 28.8 Å². The molecule has 8 heteroatoms. The highest BCUT2D eigenvalue weighted by molar-refractivity contribution is 5.96. The number of ether oxygens (including phenoxy) is 1. The summed E-state index contributed by atoms with van der Waals surface area (Å²) in [6.45, 7) is 0.289. The van der Waals surface area contributed by atoms with Gasteiger partial charge in [-0.1, -0.05) is 6.07 Å². The van der Waals surface area contributed by atoms with Crippen molar-refractivity contribution in [1.29, 1.82) is 0 Å². The van der Waals surface area contributed by atoms with Crippen LogP contribution in [0.15, 0.2) is 53.6 Å². The van der Waals surface area contributed by atoms with Crippen molar-refractivity contribution in [1.82, 2.24) is 14.3 Å². The van der Waals surface area contributed by atoms with E-state index in [0.29, 0.717) is 16.8 Å². The molecule has 6 nitrogen and oxygen atoms in total. The second-order valence-corrected chi connectivity index (χ2v) is 7.37. The monoisotopic (exact) mass is 409 g/mol. The van der Waals surface area contributed by atoms with Gasteiger partial charge in [-0.05, 0) is 35.7 Å². The number of pyridine rings is 2. The van der Waals surface area contributed by atoms with E-state index in [0.717, 1.165) is 17.6 Å². The lowest BCUT2D eigenvalue weighted by molar-refractivity contribution is 0.0336. The molecule has 1 aromatic carbocycles. The number of likely N-dealkylation sites (N-methyl/N-ethyl adjacent to an activating group) is 1. The van der Waals surface area contributed by atoms with Crippen molar-refractivity contribution in [2.75, 3.05) is 13.7 Å². The maximum Gasteiger partial charge on any atom is 0.256 e. The zero-order valence-electron chi connectivity index (χ0n) is 16.0. The van der Waals surface area contributed by atoms with Crippen LogP contribution in [0.3, 0.4) is 0 Å². The average Bonchev–Trinajstić information content (AvgIpc) is 3.18. The molecule has 4 heterocycles. The molecule has 0 spiro atoms. The standard InChI is InChI=1S/C22H17F2N3O3/c1-26(22(29)12-6-13-4-2-3-5-27(13)9-12)19-11-30-10-18-20(19)14-7-16(23)17(24)8-15(14)21(28)25-18/h2-9,19H,10-11H2,1H3,(H,25,28). The van der Waals surface area contributed by atoms with Gasteiger partial charge in [0.05, 0.1) is 30.2 Å². The molecule has 5 rings (SSSR count). The number of carbonyl (C=O) groups is 1. The molecule has 4 aromatic rings. The van der Waals surface area contributed by atoms with Crippen LogP contribution in [0, 0.1) is 11.6 Å². The SMILES string of the molecule is CN(C(=O)c1cc2ccccn2c1)C1COCc2[nH]c(=O)c3cc(F)c(F)cc3c21. The van der Waals surface area contributed by atoms with E-state index in [9.17, 15) is 18.4 Å². The lowest BCUT2D eigenvalue weighted by Gasteiger charge is -2.33. The van der Waals surface area contributed by atoms with E-state index in [1.165, 1.54) is 4.90 Å². The minimum Gasteiger partial charge on any atom is -0.373 e. The number of rotatable bonds is 2. The Bertz CT molecular complexity index is 1340. The normalized spacial score (nSPS) is 16.0. The Morgan fingerprint density at radius 2 is 1.97 bits per heavy atom. The fourth-order valence-electron chi connectivity index (χ4n) is 4.07. The molecule has 0 radical (unpaired) electrons. The fourth-order valence-corrected chi connectivity index (χ4v) is 4.07. The molecule has 152 valence electrons. The number of nitrogens with zero attached hydrogens (tertiary/aromatic N) is 2. The molecule has 1 atom stereocenters. The highest BCUT2D eigenvalue weighted by Gasteiger charge is 2.31. The number of fused-ring (bicyclic) bond motifs is 4. The number of benzene rings is 1. The molecule has 1 N–H and O–H groups in total. The largest absolute Gasteiger partial charge is 0.373 e. The van der Waals surface area contributed by atoms with E-state index in [4.69, 9.17) is 4.74 Å². The van der Waals surface area contributed by atoms with E-state index in [-0.39, 0.29) is 29.9 Å². The van der Waals surface area contributed by atoms with Crippen molar-refractivity contribution in [3.8, 4) is 0 Å². The molecule has 3 aromatic heterocycles. The van der Waals surface area contributed by atoms with Gasteiger partial charge in [0.15, 0.2) is 11.6 Å². The molecule has 0 bridgehead atoms. The van der Waals surface area contributed by atoms with Gasteiger partial charge in [0, 0.05) is 36.2 Å². The molecular weight excluding hydrogens is 392 g/mol. The van der Waals surface area contributed by atoms with Gasteiger partial charge >= 0.3 is 0 Å². The first-order valence-electron chi connectivity index (χ1n) is 9.39. The number of carbonyl (C=O) groups excluding carboxylic acids is 1. The van der Waals surface area contributed by atoms with Crippen LogP contribution >= 0.6 is 0 Å². The summed E-state index contributed by atoms with van der Waals surface area (Å²) in [6, 6.07) is 8.75. The highest BCUT2D eigenvalue weighted by atomic mass is 19.2. The number of halogens is 2. The van der Waals surface area contributed by atoms with Crippen molar-refractivity contribution in [2.45, 2.75) is 12.6 Å². The van der Waals surface area contributed by atoms with Gasteiger partial charge in [-0.15, -0.1) is 0 Å². The topological polar surface area (TPSA) is 66.8 Å². The maximum atomic E-state index is 14.0. The highest BCUT2D eigenvalue weighted by Crippen LogP contribution is 2.34. The third-order valence-corrected chi connectivity index (χ3v) is 5.58. The Morgan fingerprint density at radius 3 is 2.73 bits per heavy atom. The summed E-state index contributed by atoms with van der Waals surface area (Å²) < 4.78 is 35.2. The van der Waals surface area contributed by atoms with Crippen LogP contribution in [0.2, 0.25) is 0 Å². The molecule has 1 aliphatic rings. The fraction of sp³-hybridized carbons (Fsp3) is 0.182. The number of H-pyrrole nitrogens is 1. The zero-order valence-corrected chi connectivity index (χ0v) is 16.0. The lowest BCUT2D eigenvalue weighted by Crippen LogP contribution is -2.37. The van der Waals surface area contributed by atoms with E-state index in [1.54, 1.807) is 19.3 Å². The minimum atomic E-state index is -1.10. The van der Waals surface area contributed by atoms with Crippen molar-refractivity contribution in [3.63, 3.8) is 0 Å². The summed E-state index contributed by atoms with van der Waals surface area (Å²) in [7, 11) is 1.63. The Balaban J connectivity index is 1.63. The van der Waals surface area contributed by atoms with Crippen molar-refractivity contribution in [3.05, 3.63) is 87.6 Å². The quantitative estimate of drug-likeness (QED) is 0.552. The van der Waals surface area contributed by atoms with Gasteiger partial charge in [-0.3, -0.25) is 9.59 Å². The van der Waals surface area contributed by atoms with Gasteiger partial charge in [-0.2, -0.15) is 0 Å². The van der Waals surface area contributed by atoms with Crippen LogP contribution in [-0.4, -0.2) is 33.8 Å². The number of aromatic amines is 1. The van der Waals surface area contributed by atoms with Gasteiger partial charge in [0.25, 0.3) is 11.5 Å². The Morgan fingerprint density at radius 1 is 1.20 bits per heavy atom. The summed E-state index contributed by atoms with van der Waals surface area (Å²) in [4.78, 5) is 29.8. The molecule has 30 heavy (non-hydrogen) atoms. The van der Waals surface area contributed by atoms with Gasteiger partial charge < -0.3 is 19.0 Å². The van der Waals surface area contributed by atoms with Gasteiger partial charge in [0.1, 0.15) is 0 Å². The first kappa shape index (κ1) is 18.5. The smallest absolute Gasteiger partial charge is 0.256 e. The van der Waals surface area contributed by atoms with Gasteiger partial charge in [0.2, 0.25) is 0 Å². The summed E-state index contributed by atoms with van der Waals surface area (Å²) in [5.74, 6) is -2.39. The second-order valence-electron chi connectivity index (χ2n) is 7.37. The Kier molecular flexibility index (Phi) is 4.18. The third-order valence-electron chi connectivity index (χ3n) is 5.58. The number of nitrogens with one attached hydrogen (secondary N) is 1. The predicted octanol–water partition coefficient (Wildman–Crippen LogP) is 3.40.